The molecule has 1 aliphatic heterocycles. The third-order valence-corrected chi connectivity index (χ3v) is 6.76. The van der Waals surface area contributed by atoms with E-state index in [1.165, 1.54) is 27.6 Å². The molecule has 5 heteroatoms. The van der Waals surface area contributed by atoms with Gasteiger partial charge in [0.15, 0.2) is 11.5 Å². The molecule has 0 atom stereocenters. The molecule has 1 aromatic heterocycles. The average molecular weight is 423 g/mol. The van der Waals surface area contributed by atoms with E-state index < -0.39 is 0 Å². The number of ether oxygens (including phenoxy) is 2. The van der Waals surface area contributed by atoms with Crippen LogP contribution in [0.25, 0.3) is 16.5 Å². The standard InChI is InChI=1S/C25H27ClN2O2/c1-29-24-11-18-9-16(10-19(18)12-25(24)30-2)15-28-7-5-17(6-8-28)22-14-27-23-13-20(26)3-4-21(22)23/h3-5,11-14,16,27H,6-10,15H2,1-2H3. The summed E-state index contributed by atoms with van der Waals surface area (Å²) in [5, 5.41) is 2.03. The van der Waals surface area contributed by atoms with Crippen LogP contribution in [0.3, 0.4) is 0 Å². The molecule has 1 aliphatic carbocycles. The van der Waals surface area contributed by atoms with Crippen LogP contribution in [0.1, 0.15) is 23.1 Å². The van der Waals surface area contributed by atoms with Crippen molar-refractivity contribution < 1.29 is 9.47 Å². The monoisotopic (exact) mass is 422 g/mol. The van der Waals surface area contributed by atoms with Crippen LogP contribution in [0.15, 0.2) is 42.6 Å². The van der Waals surface area contributed by atoms with Crippen molar-refractivity contribution in [3.63, 3.8) is 0 Å². The zero-order valence-corrected chi connectivity index (χ0v) is 18.3. The van der Waals surface area contributed by atoms with Crippen molar-refractivity contribution in [2.45, 2.75) is 19.3 Å². The van der Waals surface area contributed by atoms with E-state index in [0.29, 0.717) is 5.92 Å². The molecule has 3 aromatic rings. The number of nitrogens with zero attached hydrogens (tertiary/aromatic N) is 1. The van der Waals surface area contributed by atoms with Gasteiger partial charge in [0.2, 0.25) is 0 Å². The normalized spacial score (nSPS) is 17.2. The van der Waals surface area contributed by atoms with Gasteiger partial charge in [-0.3, -0.25) is 4.90 Å². The van der Waals surface area contributed by atoms with Crippen molar-refractivity contribution in [1.29, 1.82) is 0 Å². The summed E-state index contributed by atoms with van der Waals surface area (Å²) in [6.07, 6.45) is 7.83. The molecule has 2 aromatic carbocycles. The van der Waals surface area contributed by atoms with Gasteiger partial charge < -0.3 is 14.5 Å². The molecule has 156 valence electrons. The Hall–Kier alpha value is -2.43. The number of hydrogen-bond acceptors (Lipinski definition) is 3. The van der Waals surface area contributed by atoms with E-state index in [1.54, 1.807) is 14.2 Å². The highest BCUT2D eigenvalue weighted by Gasteiger charge is 2.26. The van der Waals surface area contributed by atoms with Crippen LogP contribution < -0.4 is 9.47 Å². The van der Waals surface area contributed by atoms with Gasteiger partial charge in [-0.15, -0.1) is 0 Å². The maximum atomic E-state index is 6.13. The number of methoxy groups -OCH3 is 2. The van der Waals surface area contributed by atoms with Crippen molar-refractivity contribution in [3.8, 4) is 11.5 Å². The molecule has 0 spiro atoms. The van der Waals surface area contributed by atoms with Gasteiger partial charge >= 0.3 is 0 Å². The lowest BCUT2D eigenvalue weighted by Gasteiger charge is -2.28. The van der Waals surface area contributed by atoms with Crippen LogP contribution in [0, 0.1) is 5.92 Å². The summed E-state index contributed by atoms with van der Waals surface area (Å²) >= 11 is 6.13. The zero-order valence-electron chi connectivity index (χ0n) is 17.5. The summed E-state index contributed by atoms with van der Waals surface area (Å²) < 4.78 is 11.0. The number of benzene rings is 2. The van der Waals surface area contributed by atoms with E-state index in [1.807, 2.05) is 12.1 Å². The largest absolute Gasteiger partial charge is 0.493 e. The van der Waals surface area contributed by atoms with E-state index in [9.17, 15) is 0 Å². The van der Waals surface area contributed by atoms with Crippen molar-refractivity contribution in [3.05, 3.63) is 64.3 Å². The summed E-state index contributed by atoms with van der Waals surface area (Å²) in [5.41, 5.74) is 6.67. The van der Waals surface area contributed by atoms with Gasteiger partial charge in [0.1, 0.15) is 0 Å². The van der Waals surface area contributed by atoms with Crippen LogP contribution in [-0.2, 0) is 12.8 Å². The highest BCUT2D eigenvalue weighted by Crippen LogP contribution is 2.37. The first kappa shape index (κ1) is 19.5. The number of H-pyrrole nitrogens is 1. The number of rotatable bonds is 5. The summed E-state index contributed by atoms with van der Waals surface area (Å²) in [5.74, 6) is 2.33. The number of aromatic nitrogens is 1. The first-order valence-corrected chi connectivity index (χ1v) is 10.9. The van der Waals surface area contributed by atoms with Crippen LogP contribution in [0.2, 0.25) is 5.02 Å². The Labute approximate surface area is 182 Å². The highest BCUT2D eigenvalue weighted by molar-refractivity contribution is 6.31. The summed E-state index contributed by atoms with van der Waals surface area (Å²) in [6.45, 7) is 3.24. The molecule has 0 unspecified atom stereocenters. The molecule has 0 bridgehead atoms. The van der Waals surface area contributed by atoms with Gasteiger partial charge in [-0.1, -0.05) is 23.7 Å². The Morgan fingerprint density at radius 3 is 2.43 bits per heavy atom. The fourth-order valence-corrected chi connectivity index (χ4v) is 5.19. The predicted octanol–water partition coefficient (Wildman–Crippen LogP) is 5.34. The first-order valence-electron chi connectivity index (χ1n) is 10.6. The summed E-state index contributed by atoms with van der Waals surface area (Å²) in [4.78, 5) is 5.95. The van der Waals surface area contributed by atoms with Gasteiger partial charge in [-0.2, -0.15) is 0 Å². The number of aromatic amines is 1. The summed E-state index contributed by atoms with van der Waals surface area (Å²) in [7, 11) is 3.41. The minimum Gasteiger partial charge on any atom is -0.493 e. The Morgan fingerprint density at radius 1 is 1.07 bits per heavy atom. The topological polar surface area (TPSA) is 37.5 Å². The van der Waals surface area contributed by atoms with Crippen LogP contribution in [-0.4, -0.2) is 43.7 Å². The van der Waals surface area contributed by atoms with E-state index in [-0.39, 0.29) is 0 Å². The molecule has 1 N–H and O–H groups in total. The van der Waals surface area contributed by atoms with Crippen molar-refractivity contribution >= 4 is 28.1 Å². The maximum absolute atomic E-state index is 6.13. The van der Waals surface area contributed by atoms with Crippen LogP contribution in [0.4, 0.5) is 0 Å². The molecule has 2 aliphatic rings. The molecule has 0 saturated carbocycles. The molecule has 5 rings (SSSR count). The molecule has 0 fully saturated rings. The Morgan fingerprint density at radius 2 is 1.80 bits per heavy atom. The molecule has 0 radical (unpaired) electrons. The number of fused-ring (bicyclic) bond motifs is 2. The lowest BCUT2D eigenvalue weighted by atomic mass is 9.97. The van der Waals surface area contributed by atoms with Gasteiger partial charge in [-0.25, -0.2) is 0 Å². The fraction of sp³-hybridized carbons (Fsp3) is 0.360. The average Bonchev–Trinajstić information content (AvgIpc) is 3.35. The van der Waals surface area contributed by atoms with E-state index in [0.717, 1.165) is 60.9 Å². The van der Waals surface area contributed by atoms with Crippen LogP contribution >= 0.6 is 11.6 Å². The molecular formula is C25H27ClN2O2. The Kier molecular flexibility index (Phi) is 5.21. The molecule has 2 heterocycles. The van der Waals surface area contributed by atoms with Gasteiger partial charge in [0, 0.05) is 47.3 Å². The van der Waals surface area contributed by atoms with E-state index in [4.69, 9.17) is 21.1 Å². The lowest BCUT2D eigenvalue weighted by molar-refractivity contribution is 0.255. The van der Waals surface area contributed by atoms with Gasteiger partial charge in [-0.05, 0) is 66.1 Å². The lowest BCUT2D eigenvalue weighted by Crippen LogP contribution is -2.33. The third-order valence-electron chi connectivity index (χ3n) is 6.52. The number of nitrogens with one attached hydrogen (secondary N) is 1. The van der Waals surface area contributed by atoms with Crippen LogP contribution in [0.5, 0.6) is 11.5 Å². The SMILES string of the molecule is COc1cc2c(cc1OC)CC(CN1CC=C(c3c[nH]c4cc(Cl)ccc34)CC1)C2. The minimum atomic E-state index is 0.655. The molecule has 30 heavy (non-hydrogen) atoms. The Balaban J connectivity index is 1.25. The zero-order chi connectivity index (χ0) is 20.7. The minimum absolute atomic E-state index is 0.655. The Bertz CT molecular complexity index is 1080. The predicted molar refractivity (Wildman–Crippen MR) is 123 cm³/mol. The van der Waals surface area contributed by atoms with Gasteiger partial charge in [0.05, 0.1) is 14.2 Å². The highest BCUT2D eigenvalue weighted by atomic mass is 35.5. The summed E-state index contributed by atoms with van der Waals surface area (Å²) in [6, 6.07) is 10.4. The fourth-order valence-electron chi connectivity index (χ4n) is 5.02. The first-order chi connectivity index (χ1) is 14.6. The van der Waals surface area contributed by atoms with E-state index >= 15 is 0 Å². The molecular weight excluding hydrogens is 396 g/mol. The quantitative estimate of drug-likeness (QED) is 0.602. The number of halogens is 1. The van der Waals surface area contributed by atoms with Gasteiger partial charge in [0.25, 0.3) is 0 Å². The number of hydrogen-bond donors (Lipinski definition) is 1. The second kappa shape index (κ2) is 8.01. The third kappa shape index (κ3) is 3.59. The van der Waals surface area contributed by atoms with Crippen molar-refractivity contribution in [2.24, 2.45) is 5.92 Å². The molecule has 0 amide bonds. The maximum Gasteiger partial charge on any atom is 0.161 e. The molecule has 0 saturated heterocycles. The molecule has 4 nitrogen and oxygen atoms in total. The van der Waals surface area contributed by atoms with E-state index in [2.05, 4.69) is 40.4 Å². The smallest absolute Gasteiger partial charge is 0.161 e. The second-order valence-corrected chi connectivity index (χ2v) is 8.82. The van der Waals surface area contributed by atoms with Crippen molar-refractivity contribution in [2.75, 3.05) is 33.9 Å². The second-order valence-electron chi connectivity index (χ2n) is 8.38. The van der Waals surface area contributed by atoms with Crippen molar-refractivity contribution in [1.82, 2.24) is 9.88 Å².